The lowest BCUT2D eigenvalue weighted by atomic mass is 10.2. The predicted octanol–water partition coefficient (Wildman–Crippen LogP) is 3.41. The molecule has 0 aliphatic heterocycles. The van der Waals surface area contributed by atoms with Crippen molar-refractivity contribution in [1.29, 1.82) is 0 Å². The Morgan fingerprint density at radius 1 is 1.45 bits per heavy atom. The van der Waals surface area contributed by atoms with Crippen LogP contribution >= 0.6 is 28.0 Å². The van der Waals surface area contributed by atoms with E-state index in [1.54, 1.807) is 7.11 Å². The van der Waals surface area contributed by atoms with Crippen molar-refractivity contribution in [2.75, 3.05) is 7.11 Å². The molecule has 0 bridgehead atoms. The van der Waals surface area contributed by atoms with Crippen LogP contribution in [0.1, 0.15) is 5.56 Å². The first-order chi connectivity index (χ1) is 5.24. The molecule has 0 saturated carbocycles. The lowest BCUT2D eigenvalue weighted by Crippen LogP contribution is -1.79. The fourth-order valence-electron chi connectivity index (χ4n) is 0.796. The van der Waals surface area contributed by atoms with E-state index in [4.69, 9.17) is 4.18 Å². The highest BCUT2D eigenvalue weighted by molar-refractivity contribution is 9.10. The molecule has 0 aliphatic carbocycles. The Morgan fingerprint density at radius 3 is 2.73 bits per heavy atom. The zero-order chi connectivity index (χ0) is 8.27. The van der Waals surface area contributed by atoms with Crippen LogP contribution in [0.2, 0.25) is 0 Å². The number of hydrogen-bond donors (Lipinski definition) is 0. The van der Waals surface area contributed by atoms with Gasteiger partial charge in [0.2, 0.25) is 0 Å². The minimum atomic E-state index is 1.11. The topological polar surface area (TPSA) is 9.23 Å². The van der Waals surface area contributed by atoms with E-state index in [1.807, 2.05) is 12.1 Å². The lowest BCUT2D eigenvalue weighted by Gasteiger charge is -2.02. The number of hydrogen-bond acceptors (Lipinski definition) is 2. The molecule has 60 valence electrons. The van der Waals surface area contributed by atoms with Crippen LogP contribution in [0.25, 0.3) is 0 Å². The molecule has 0 amide bonds. The van der Waals surface area contributed by atoms with Crippen molar-refractivity contribution >= 4 is 28.0 Å². The van der Waals surface area contributed by atoms with Gasteiger partial charge in [-0.25, -0.2) is 0 Å². The SMILES string of the molecule is COSc1ccc(Br)cc1C. The Labute approximate surface area is 79.5 Å². The highest BCUT2D eigenvalue weighted by atomic mass is 79.9. The average molecular weight is 233 g/mol. The maximum Gasteiger partial charge on any atom is 0.0508 e. The minimum Gasteiger partial charge on any atom is -0.314 e. The summed E-state index contributed by atoms with van der Waals surface area (Å²) in [6.07, 6.45) is 0. The second kappa shape index (κ2) is 4.14. The summed E-state index contributed by atoms with van der Waals surface area (Å²) in [5.74, 6) is 0. The van der Waals surface area contributed by atoms with Gasteiger partial charge >= 0.3 is 0 Å². The van der Waals surface area contributed by atoms with Crippen molar-refractivity contribution in [3.05, 3.63) is 28.2 Å². The monoisotopic (exact) mass is 232 g/mol. The van der Waals surface area contributed by atoms with Crippen molar-refractivity contribution < 1.29 is 4.18 Å². The molecule has 0 aliphatic rings. The van der Waals surface area contributed by atoms with Crippen molar-refractivity contribution in [3.63, 3.8) is 0 Å². The zero-order valence-electron chi connectivity index (χ0n) is 6.43. The van der Waals surface area contributed by atoms with Crippen LogP contribution in [0.5, 0.6) is 0 Å². The van der Waals surface area contributed by atoms with Gasteiger partial charge in [0, 0.05) is 21.4 Å². The Kier molecular flexibility index (Phi) is 3.43. The smallest absolute Gasteiger partial charge is 0.0508 e. The summed E-state index contributed by atoms with van der Waals surface area (Å²) in [4.78, 5) is 1.16. The first-order valence-electron chi connectivity index (χ1n) is 3.21. The summed E-state index contributed by atoms with van der Waals surface area (Å²) in [6, 6.07) is 6.11. The van der Waals surface area contributed by atoms with E-state index < -0.39 is 0 Å². The van der Waals surface area contributed by atoms with Crippen molar-refractivity contribution in [1.82, 2.24) is 0 Å². The third-order valence-electron chi connectivity index (χ3n) is 1.31. The Hall–Kier alpha value is 0.01000. The van der Waals surface area contributed by atoms with Gasteiger partial charge in [0.05, 0.1) is 7.11 Å². The van der Waals surface area contributed by atoms with Gasteiger partial charge in [-0.05, 0) is 30.7 Å². The average Bonchev–Trinajstić information content (AvgIpc) is 1.95. The standard InChI is InChI=1S/C8H9BrOS/c1-6-5-7(9)3-4-8(6)11-10-2/h3-5H,1-2H3. The molecule has 0 atom stereocenters. The van der Waals surface area contributed by atoms with Gasteiger partial charge in [-0.15, -0.1) is 0 Å². The van der Waals surface area contributed by atoms with Crippen LogP contribution in [0, 0.1) is 6.92 Å². The second-order valence-corrected chi connectivity index (χ2v) is 4.02. The van der Waals surface area contributed by atoms with Crippen LogP contribution in [-0.2, 0) is 4.18 Å². The number of halogens is 1. The number of rotatable bonds is 2. The quantitative estimate of drug-likeness (QED) is 0.724. The number of aryl methyl sites for hydroxylation is 1. The van der Waals surface area contributed by atoms with Gasteiger partial charge in [0.1, 0.15) is 0 Å². The van der Waals surface area contributed by atoms with Crippen LogP contribution in [0.3, 0.4) is 0 Å². The summed E-state index contributed by atoms with van der Waals surface area (Å²) in [5, 5.41) is 0. The molecule has 0 fully saturated rings. The predicted molar refractivity (Wildman–Crippen MR) is 51.7 cm³/mol. The molecule has 0 radical (unpaired) electrons. The summed E-state index contributed by atoms with van der Waals surface area (Å²) in [5.41, 5.74) is 1.23. The van der Waals surface area contributed by atoms with Crippen molar-refractivity contribution in [2.24, 2.45) is 0 Å². The summed E-state index contributed by atoms with van der Waals surface area (Å²) < 4.78 is 6.06. The van der Waals surface area contributed by atoms with Gasteiger partial charge in [0.25, 0.3) is 0 Å². The molecular formula is C8H9BrOS. The first kappa shape index (κ1) is 9.10. The third-order valence-corrected chi connectivity index (χ3v) is 2.61. The van der Waals surface area contributed by atoms with Crippen LogP contribution < -0.4 is 0 Å². The third kappa shape index (κ3) is 2.51. The van der Waals surface area contributed by atoms with Gasteiger partial charge in [-0.2, -0.15) is 0 Å². The number of benzene rings is 1. The minimum absolute atomic E-state index is 1.11. The highest BCUT2D eigenvalue weighted by Crippen LogP contribution is 2.24. The molecule has 0 saturated heterocycles. The summed E-state index contributed by atoms with van der Waals surface area (Å²) in [6.45, 7) is 2.06. The van der Waals surface area contributed by atoms with Crippen LogP contribution in [0.4, 0.5) is 0 Å². The summed E-state index contributed by atoms with van der Waals surface area (Å²) in [7, 11) is 1.67. The molecule has 1 aromatic carbocycles. The molecule has 1 aromatic rings. The molecule has 0 heterocycles. The van der Waals surface area contributed by atoms with Crippen molar-refractivity contribution in [3.8, 4) is 0 Å². The Balaban J connectivity index is 2.90. The van der Waals surface area contributed by atoms with E-state index in [-0.39, 0.29) is 0 Å². The fraction of sp³-hybridized carbons (Fsp3) is 0.250. The lowest BCUT2D eigenvalue weighted by molar-refractivity contribution is 0.489. The van der Waals surface area contributed by atoms with E-state index in [2.05, 4.69) is 28.9 Å². The van der Waals surface area contributed by atoms with E-state index in [0.717, 1.165) is 9.37 Å². The maximum atomic E-state index is 4.95. The molecule has 11 heavy (non-hydrogen) atoms. The summed E-state index contributed by atoms with van der Waals surface area (Å²) >= 11 is 4.79. The normalized spacial score (nSPS) is 10.1. The first-order valence-corrected chi connectivity index (χ1v) is 4.74. The van der Waals surface area contributed by atoms with Gasteiger partial charge in [-0.1, -0.05) is 15.9 Å². The molecular weight excluding hydrogens is 224 g/mol. The Morgan fingerprint density at radius 2 is 2.18 bits per heavy atom. The van der Waals surface area contributed by atoms with E-state index in [1.165, 1.54) is 17.6 Å². The maximum absolute atomic E-state index is 4.95. The van der Waals surface area contributed by atoms with Gasteiger partial charge in [0.15, 0.2) is 0 Å². The van der Waals surface area contributed by atoms with E-state index in [0.29, 0.717) is 0 Å². The van der Waals surface area contributed by atoms with Crippen LogP contribution in [0.15, 0.2) is 27.6 Å². The second-order valence-electron chi connectivity index (χ2n) is 2.16. The van der Waals surface area contributed by atoms with E-state index >= 15 is 0 Å². The molecule has 1 rings (SSSR count). The molecule has 3 heteroatoms. The zero-order valence-corrected chi connectivity index (χ0v) is 8.83. The molecule has 1 nitrogen and oxygen atoms in total. The van der Waals surface area contributed by atoms with Crippen molar-refractivity contribution in [2.45, 2.75) is 11.8 Å². The van der Waals surface area contributed by atoms with Gasteiger partial charge in [-0.3, -0.25) is 0 Å². The van der Waals surface area contributed by atoms with Crippen LogP contribution in [-0.4, -0.2) is 7.11 Å². The fourth-order valence-corrected chi connectivity index (χ4v) is 1.77. The largest absolute Gasteiger partial charge is 0.314 e. The van der Waals surface area contributed by atoms with E-state index in [9.17, 15) is 0 Å². The molecule has 0 unspecified atom stereocenters. The Bertz CT molecular complexity index is 250. The van der Waals surface area contributed by atoms with Gasteiger partial charge < -0.3 is 4.18 Å². The molecule has 0 aromatic heterocycles. The molecule has 0 N–H and O–H groups in total. The highest BCUT2D eigenvalue weighted by Gasteiger charge is 1.98. The molecule has 0 spiro atoms.